The Morgan fingerprint density at radius 3 is 2.61 bits per heavy atom. The highest BCUT2D eigenvalue weighted by molar-refractivity contribution is 5.94. The lowest BCUT2D eigenvalue weighted by Crippen LogP contribution is -2.17. The summed E-state index contributed by atoms with van der Waals surface area (Å²) in [4.78, 5) is 12.0. The number of ether oxygens (including phenoxy) is 1. The molecule has 0 aliphatic heterocycles. The standard InChI is InChI=1S/C18H22N2O3/c1-13(2)10-11-22-16-8-5-15(6-9-16)18(21)20-19-12-17-7-4-14(3)23-17/h4-9,12-13H,10-11H2,1-3H3,(H,20,21)/b19-12-. The number of furan rings is 1. The van der Waals surface area contributed by atoms with Gasteiger partial charge in [-0.1, -0.05) is 13.8 Å². The Labute approximate surface area is 136 Å². The van der Waals surface area contributed by atoms with Crippen LogP contribution in [0.5, 0.6) is 5.75 Å². The number of nitrogens with zero attached hydrogens (tertiary/aromatic N) is 1. The molecule has 0 unspecified atom stereocenters. The Morgan fingerprint density at radius 2 is 2.00 bits per heavy atom. The molecule has 5 heteroatoms. The van der Waals surface area contributed by atoms with Crippen molar-refractivity contribution in [2.24, 2.45) is 11.0 Å². The Hall–Kier alpha value is -2.56. The molecular weight excluding hydrogens is 292 g/mol. The van der Waals surface area contributed by atoms with Crippen molar-refractivity contribution in [1.29, 1.82) is 0 Å². The topological polar surface area (TPSA) is 63.8 Å². The molecule has 0 spiro atoms. The third kappa shape index (κ3) is 5.62. The van der Waals surface area contributed by atoms with Crippen LogP contribution in [-0.2, 0) is 0 Å². The third-order valence-corrected chi connectivity index (χ3v) is 3.20. The average Bonchev–Trinajstić information content (AvgIpc) is 2.93. The number of hydrogen-bond donors (Lipinski definition) is 1. The Balaban J connectivity index is 1.83. The lowest BCUT2D eigenvalue weighted by atomic mass is 10.1. The zero-order valence-electron chi connectivity index (χ0n) is 13.7. The van der Waals surface area contributed by atoms with Gasteiger partial charge in [-0.3, -0.25) is 4.79 Å². The molecule has 0 saturated carbocycles. The van der Waals surface area contributed by atoms with E-state index >= 15 is 0 Å². The van der Waals surface area contributed by atoms with Gasteiger partial charge in [-0.15, -0.1) is 0 Å². The summed E-state index contributed by atoms with van der Waals surface area (Å²) in [6.45, 7) is 6.83. The van der Waals surface area contributed by atoms with Crippen LogP contribution in [0, 0.1) is 12.8 Å². The maximum absolute atomic E-state index is 12.0. The smallest absolute Gasteiger partial charge is 0.271 e. The minimum Gasteiger partial charge on any atom is -0.494 e. The lowest BCUT2D eigenvalue weighted by Gasteiger charge is -2.08. The molecule has 0 bridgehead atoms. The van der Waals surface area contributed by atoms with Crippen LogP contribution in [0.25, 0.3) is 0 Å². The number of aryl methyl sites for hydroxylation is 1. The van der Waals surface area contributed by atoms with E-state index in [0.717, 1.165) is 17.9 Å². The first-order valence-corrected chi connectivity index (χ1v) is 7.67. The highest BCUT2D eigenvalue weighted by Gasteiger charge is 2.05. The molecule has 1 heterocycles. The summed E-state index contributed by atoms with van der Waals surface area (Å²) in [5.41, 5.74) is 2.99. The quantitative estimate of drug-likeness (QED) is 0.625. The number of hydrogen-bond acceptors (Lipinski definition) is 4. The van der Waals surface area contributed by atoms with Crippen molar-refractivity contribution in [2.45, 2.75) is 27.2 Å². The van der Waals surface area contributed by atoms with Crippen LogP contribution in [0.1, 0.15) is 42.1 Å². The molecule has 0 atom stereocenters. The first-order chi connectivity index (χ1) is 11.0. The first-order valence-electron chi connectivity index (χ1n) is 7.67. The SMILES string of the molecule is Cc1ccc(/C=N\NC(=O)c2ccc(OCCC(C)C)cc2)o1. The molecule has 1 aromatic carbocycles. The predicted octanol–water partition coefficient (Wildman–Crippen LogP) is 3.78. The first kappa shape index (κ1) is 16.8. The summed E-state index contributed by atoms with van der Waals surface area (Å²) in [5, 5.41) is 3.87. The fourth-order valence-corrected chi connectivity index (χ4v) is 1.86. The van der Waals surface area contributed by atoms with Crippen molar-refractivity contribution in [2.75, 3.05) is 6.61 Å². The zero-order chi connectivity index (χ0) is 16.7. The van der Waals surface area contributed by atoms with Crippen LogP contribution >= 0.6 is 0 Å². The number of rotatable bonds is 7. The maximum atomic E-state index is 12.0. The second-order valence-corrected chi connectivity index (χ2v) is 5.70. The highest BCUT2D eigenvalue weighted by atomic mass is 16.5. The van der Waals surface area contributed by atoms with Crippen LogP contribution in [0.4, 0.5) is 0 Å². The van der Waals surface area contributed by atoms with Crippen LogP contribution in [0.15, 0.2) is 45.9 Å². The van der Waals surface area contributed by atoms with E-state index in [-0.39, 0.29) is 5.91 Å². The van der Waals surface area contributed by atoms with Gasteiger partial charge < -0.3 is 9.15 Å². The van der Waals surface area contributed by atoms with E-state index in [0.29, 0.717) is 23.8 Å². The molecule has 0 radical (unpaired) electrons. The fraction of sp³-hybridized carbons (Fsp3) is 0.333. The molecule has 1 amide bonds. The average molecular weight is 314 g/mol. The molecule has 2 rings (SSSR count). The molecule has 1 aromatic heterocycles. The second kappa shape index (κ2) is 8.17. The molecule has 0 saturated heterocycles. The van der Waals surface area contributed by atoms with Gasteiger partial charge in [0.05, 0.1) is 12.8 Å². The van der Waals surface area contributed by atoms with Crippen molar-refractivity contribution < 1.29 is 13.9 Å². The van der Waals surface area contributed by atoms with Gasteiger partial charge in [0, 0.05) is 5.56 Å². The fourth-order valence-electron chi connectivity index (χ4n) is 1.86. The van der Waals surface area contributed by atoms with Crippen LogP contribution in [-0.4, -0.2) is 18.7 Å². The number of hydrazone groups is 1. The van der Waals surface area contributed by atoms with Crippen molar-refractivity contribution in [3.8, 4) is 5.75 Å². The predicted molar refractivity (Wildman–Crippen MR) is 89.9 cm³/mol. The van der Waals surface area contributed by atoms with E-state index in [9.17, 15) is 4.79 Å². The summed E-state index contributed by atoms with van der Waals surface area (Å²) >= 11 is 0. The summed E-state index contributed by atoms with van der Waals surface area (Å²) < 4.78 is 10.9. The Kier molecular flexibility index (Phi) is 5.97. The highest BCUT2D eigenvalue weighted by Crippen LogP contribution is 2.13. The monoisotopic (exact) mass is 314 g/mol. The van der Waals surface area contributed by atoms with Gasteiger partial charge >= 0.3 is 0 Å². The van der Waals surface area contributed by atoms with Crippen molar-refractivity contribution in [1.82, 2.24) is 5.43 Å². The van der Waals surface area contributed by atoms with Crippen molar-refractivity contribution in [3.63, 3.8) is 0 Å². The molecule has 2 aromatic rings. The number of benzene rings is 1. The largest absolute Gasteiger partial charge is 0.494 e. The van der Waals surface area contributed by atoms with Gasteiger partial charge in [0.15, 0.2) is 0 Å². The molecular formula is C18H22N2O3. The summed E-state index contributed by atoms with van der Waals surface area (Å²) in [5.74, 6) is 2.48. The minimum atomic E-state index is -0.279. The van der Waals surface area contributed by atoms with Gasteiger partial charge in [0.1, 0.15) is 17.3 Å². The summed E-state index contributed by atoms with van der Waals surface area (Å²) in [6.07, 6.45) is 2.47. The van der Waals surface area contributed by atoms with Crippen LogP contribution in [0.2, 0.25) is 0 Å². The van der Waals surface area contributed by atoms with Crippen molar-refractivity contribution >= 4 is 12.1 Å². The van der Waals surface area contributed by atoms with Gasteiger partial charge in [-0.2, -0.15) is 5.10 Å². The lowest BCUT2D eigenvalue weighted by molar-refractivity contribution is 0.0955. The molecule has 0 aliphatic rings. The van der Waals surface area contributed by atoms with E-state index < -0.39 is 0 Å². The van der Waals surface area contributed by atoms with E-state index in [1.54, 1.807) is 30.3 Å². The van der Waals surface area contributed by atoms with Crippen LogP contribution < -0.4 is 10.2 Å². The minimum absolute atomic E-state index is 0.279. The normalized spacial score (nSPS) is 11.1. The van der Waals surface area contributed by atoms with Gasteiger partial charge in [-0.25, -0.2) is 5.43 Å². The molecule has 5 nitrogen and oxygen atoms in total. The number of carbonyl (C=O) groups is 1. The van der Waals surface area contributed by atoms with Crippen molar-refractivity contribution in [3.05, 3.63) is 53.5 Å². The molecule has 0 fully saturated rings. The van der Waals surface area contributed by atoms with E-state index in [1.807, 2.05) is 13.0 Å². The van der Waals surface area contributed by atoms with Gasteiger partial charge in [0.25, 0.3) is 5.91 Å². The van der Waals surface area contributed by atoms with E-state index in [4.69, 9.17) is 9.15 Å². The molecule has 0 aliphatic carbocycles. The second-order valence-electron chi connectivity index (χ2n) is 5.70. The Bertz CT molecular complexity index is 657. The zero-order valence-corrected chi connectivity index (χ0v) is 13.7. The van der Waals surface area contributed by atoms with E-state index in [2.05, 4.69) is 24.4 Å². The third-order valence-electron chi connectivity index (χ3n) is 3.20. The summed E-state index contributed by atoms with van der Waals surface area (Å²) in [6, 6.07) is 10.6. The Morgan fingerprint density at radius 1 is 1.26 bits per heavy atom. The molecule has 1 N–H and O–H groups in total. The number of nitrogens with one attached hydrogen (secondary N) is 1. The van der Waals surface area contributed by atoms with E-state index in [1.165, 1.54) is 6.21 Å². The molecule has 122 valence electrons. The number of amides is 1. The van der Waals surface area contributed by atoms with Crippen LogP contribution in [0.3, 0.4) is 0 Å². The van der Waals surface area contributed by atoms with Gasteiger partial charge in [0.2, 0.25) is 0 Å². The number of carbonyl (C=O) groups excluding carboxylic acids is 1. The maximum Gasteiger partial charge on any atom is 0.271 e. The summed E-state index contributed by atoms with van der Waals surface area (Å²) in [7, 11) is 0. The van der Waals surface area contributed by atoms with Gasteiger partial charge in [-0.05, 0) is 55.7 Å². The molecule has 23 heavy (non-hydrogen) atoms.